The van der Waals surface area contributed by atoms with E-state index >= 15 is 0 Å². The topological polar surface area (TPSA) is 43.8 Å². The number of hydrogen-bond acceptors (Lipinski definition) is 2. The molecule has 4 bridgehead atoms. The van der Waals surface area contributed by atoms with Crippen LogP contribution in [0.5, 0.6) is 0 Å². The van der Waals surface area contributed by atoms with Gasteiger partial charge in [0.1, 0.15) is 0 Å². The molecule has 0 atom stereocenters. The van der Waals surface area contributed by atoms with Crippen molar-refractivity contribution >= 4 is 0 Å². The predicted molar refractivity (Wildman–Crippen MR) is 80.3 cm³/mol. The Balaban J connectivity index is 1.56. The Morgan fingerprint density at radius 1 is 1.20 bits per heavy atom. The predicted octanol–water partition coefficient (Wildman–Crippen LogP) is 2.91. The third kappa shape index (κ3) is 2.02. The normalized spacial score (nSPS) is 38.6. The van der Waals surface area contributed by atoms with Gasteiger partial charge in [-0.2, -0.15) is 0 Å². The zero-order valence-corrected chi connectivity index (χ0v) is 12.6. The van der Waals surface area contributed by atoms with E-state index in [0.717, 1.165) is 24.2 Å². The molecule has 3 nitrogen and oxygen atoms in total. The van der Waals surface area contributed by atoms with Crippen LogP contribution in [0.15, 0.2) is 6.33 Å². The lowest BCUT2D eigenvalue weighted by Crippen LogP contribution is -2.47. The van der Waals surface area contributed by atoms with Crippen molar-refractivity contribution in [3.05, 3.63) is 17.7 Å². The lowest BCUT2D eigenvalue weighted by atomic mass is 9.49. The van der Waals surface area contributed by atoms with E-state index < -0.39 is 0 Å². The van der Waals surface area contributed by atoms with Crippen LogP contribution >= 0.6 is 0 Å². The van der Waals surface area contributed by atoms with Gasteiger partial charge < -0.3 is 10.3 Å². The van der Waals surface area contributed by atoms with Gasteiger partial charge in [0.15, 0.2) is 0 Å². The summed E-state index contributed by atoms with van der Waals surface area (Å²) in [7, 11) is 0. The number of imidazole rings is 1. The monoisotopic (exact) mass is 273 g/mol. The molecule has 0 saturated heterocycles. The van der Waals surface area contributed by atoms with Crippen molar-refractivity contribution in [2.75, 3.05) is 6.54 Å². The summed E-state index contributed by atoms with van der Waals surface area (Å²) in [5, 5.41) is 0. The Kier molecular flexibility index (Phi) is 2.95. The summed E-state index contributed by atoms with van der Waals surface area (Å²) in [4.78, 5) is 4.59. The summed E-state index contributed by atoms with van der Waals surface area (Å²) in [6, 6.07) is 0. The minimum atomic E-state index is 0.597. The van der Waals surface area contributed by atoms with Gasteiger partial charge in [-0.3, -0.25) is 0 Å². The van der Waals surface area contributed by atoms with Crippen LogP contribution in [0, 0.1) is 30.1 Å². The average Bonchev–Trinajstić information content (AvgIpc) is 2.70. The van der Waals surface area contributed by atoms with Crippen LogP contribution in [-0.2, 0) is 13.0 Å². The molecule has 4 fully saturated rings. The first kappa shape index (κ1) is 12.9. The van der Waals surface area contributed by atoms with E-state index in [1.165, 1.54) is 56.5 Å². The van der Waals surface area contributed by atoms with Gasteiger partial charge in [-0.1, -0.05) is 0 Å². The summed E-state index contributed by atoms with van der Waals surface area (Å²) < 4.78 is 2.43. The SMILES string of the molecule is Cc1c(CCN)ncn1CC12CC3CC(CC(C3)C1)C2. The highest BCUT2D eigenvalue weighted by atomic mass is 15.1. The molecule has 0 aliphatic heterocycles. The first-order valence-electron chi connectivity index (χ1n) is 8.38. The first-order chi connectivity index (χ1) is 9.67. The van der Waals surface area contributed by atoms with Crippen LogP contribution in [0.3, 0.4) is 0 Å². The third-order valence-corrected chi connectivity index (χ3v) is 6.25. The Bertz CT molecular complexity index is 467. The first-order valence-corrected chi connectivity index (χ1v) is 8.38. The van der Waals surface area contributed by atoms with E-state index in [-0.39, 0.29) is 0 Å². The maximum absolute atomic E-state index is 5.68. The summed E-state index contributed by atoms with van der Waals surface area (Å²) >= 11 is 0. The summed E-state index contributed by atoms with van der Waals surface area (Å²) in [6.45, 7) is 4.13. The van der Waals surface area contributed by atoms with Gasteiger partial charge in [-0.15, -0.1) is 0 Å². The molecule has 4 aliphatic rings. The van der Waals surface area contributed by atoms with E-state index in [1.807, 2.05) is 0 Å². The molecule has 2 N–H and O–H groups in total. The van der Waals surface area contributed by atoms with Crippen LogP contribution in [0.25, 0.3) is 0 Å². The molecule has 1 heterocycles. The zero-order chi connectivity index (χ0) is 13.7. The lowest BCUT2D eigenvalue weighted by molar-refractivity contribution is -0.0621. The summed E-state index contributed by atoms with van der Waals surface area (Å²) in [5.41, 5.74) is 8.83. The highest BCUT2D eigenvalue weighted by Gasteiger charge is 2.50. The maximum atomic E-state index is 5.68. The second kappa shape index (κ2) is 4.59. The van der Waals surface area contributed by atoms with Gasteiger partial charge in [0, 0.05) is 18.7 Å². The molecular formula is C17H27N3. The second-order valence-electron chi connectivity index (χ2n) is 7.86. The molecular weight excluding hydrogens is 246 g/mol. The zero-order valence-electron chi connectivity index (χ0n) is 12.6. The van der Waals surface area contributed by atoms with E-state index in [9.17, 15) is 0 Å². The Labute approximate surface area is 122 Å². The number of nitrogens with two attached hydrogens (primary N) is 1. The quantitative estimate of drug-likeness (QED) is 0.916. The Morgan fingerprint density at radius 3 is 2.35 bits per heavy atom. The van der Waals surface area contributed by atoms with Crippen molar-refractivity contribution in [3.63, 3.8) is 0 Å². The minimum Gasteiger partial charge on any atom is -0.334 e. The smallest absolute Gasteiger partial charge is 0.0951 e. The van der Waals surface area contributed by atoms with Crippen molar-refractivity contribution in [3.8, 4) is 0 Å². The lowest BCUT2D eigenvalue weighted by Gasteiger charge is -2.57. The van der Waals surface area contributed by atoms with Crippen molar-refractivity contribution in [1.82, 2.24) is 9.55 Å². The second-order valence-corrected chi connectivity index (χ2v) is 7.86. The Hall–Kier alpha value is -0.830. The van der Waals surface area contributed by atoms with Crippen molar-refractivity contribution in [2.45, 2.75) is 58.4 Å². The van der Waals surface area contributed by atoms with Gasteiger partial charge in [0.05, 0.1) is 12.0 Å². The Morgan fingerprint density at radius 2 is 1.80 bits per heavy atom. The van der Waals surface area contributed by atoms with Gasteiger partial charge in [-0.25, -0.2) is 4.98 Å². The molecule has 0 radical (unpaired) electrons. The fourth-order valence-electron chi connectivity index (χ4n) is 5.87. The maximum Gasteiger partial charge on any atom is 0.0951 e. The van der Waals surface area contributed by atoms with Gasteiger partial charge in [0.2, 0.25) is 0 Å². The molecule has 5 rings (SSSR count). The summed E-state index contributed by atoms with van der Waals surface area (Å²) in [6.07, 6.45) is 12.0. The highest BCUT2D eigenvalue weighted by molar-refractivity contribution is 5.13. The standard InChI is InChI=1S/C17H27N3/c1-12-16(2-3-18)19-11-20(12)10-17-7-13-4-14(8-17)6-15(5-13)9-17/h11,13-15H,2-10,18H2,1H3. The molecule has 0 aromatic carbocycles. The number of hydrogen-bond donors (Lipinski definition) is 1. The molecule has 0 unspecified atom stereocenters. The van der Waals surface area contributed by atoms with Crippen LogP contribution in [0.2, 0.25) is 0 Å². The molecule has 0 spiro atoms. The number of aromatic nitrogens is 2. The molecule has 20 heavy (non-hydrogen) atoms. The molecule has 3 heteroatoms. The van der Waals surface area contributed by atoms with Crippen molar-refractivity contribution in [2.24, 2.45) is 28.9 Å². The van der Waals surface area contributed by atoms with Crippen LogP contribution < -0.4 is 5.73 Å². The highest BCUT2D eigenvalue weighted by Crippen LogP contribution is 2.60. The number of rotatable bonds is 4. The minimum absolute atomic E-state index is 0.597. The molecule has 1 aromatic heterocycles. The van der Waals surface area contributed by atoms with Crippen molar-refractivity contribution < 1.29 is 0 Å². The number of nitrogens with zero attached hydrogens (tertiary/aromatic N) is 2. The average molecular weight is 273 g/mol. The molecule has 4 aliphatic carbocycles. The van der Waals surface area contributed by atoms with Crippen LogP contribution in [-0.4, -0.2) is 16.1 Å². The van der Waals surface area contributed by atoms with Gasteiger partial charge >= 0.3 is 0 Å². The van der Waals surface area contributed by atoms with E-state index in [2.05, 4.69) is 22.8 Å². The summed E-state index contributed by atoms with van der Waals surface area (Å²) in [5.74, 6) is 3.11. The fourth-order valence-corrected chi connectivity index (χ4v) is 5.87. The van der Waals surface area contributed by atoms with E-state index in [4.69, 9.17) is 5.73 Å². The van der Waals surface area contributed by atoms with Gasteiger partial charge in [-0.05, 0) is 75.2 Å². The molecule has 0 amide bonds. The molecule has 4 saturated carbocycles. The van der Waals surface area contributed by atoms with Crippen LogP contribution in [0.1, 0.15) is 49.9 Å². The van der Waals surface area contributed by atoms with E-state index in [1.54, 1.807) is 0 Å². The molecule has 110 valence electrons. The fraction of sp³-hybridized carbons (Fsp3) is 0.824. The van der Waals surface area contributed by atoms with Gasteiger partial charge in [0.25, 0.3) is 0 Å². The third-order valence-electron chi connectivity index (χ3n) is 6.25. The van der Waals surface area contributed by atoms with Crippen molar-refractivity contribution in [1.29, 1.82) is 0 Å². The largest absolute Gasteiger partial charge is 0.334 e. The van der Waals surface area contributed by atoms with E-state index in [0.29, 0.717) is 12.0 Å². The van der Waals surface area contributed by atoms with Crippen LogP contribution in [0.4, 0.5) is 0 Å². The molecule has 1 aromatic rings.